The summed E-state index contributed by atoms with van der Waals surface area (Å²) in [6.45, 7) is 1.93. The molecule has 0 bridgehead atoms. The van der Waals surface area contributed by atoms with Crippen molar-refractivity contribution >= 4 is 11.5 Å². The molecule has 0 saturated heterocycles. The van der Waals surface area contributed by atoms with Crippen LogP contribution < -0.4 is 11.1 Å². The molecule has 0 saturated carbocycles. The molecule has 0 radical (unpaired) electrons. The van der Waals surface area contributed by atoms with Crippen LogP contribution in [0.5, 0.6) is 0 Å². The van der Waals surface area contributed by atoms with Crippen molar-refractivity contribution in [3.63, 3.8) is 0 Å². The Morgan fingerprint density at radius 1 is 1.04 bits per heavy atom. The fraction of sp³-hybridized carbons (Fsp3) is 0.238. The van der Waals surface area contributed by atoms with Gasteiger partial charge >= 0.3 is 0 Å². The zero-order valence-corrected chi connectivity index (χ0v) is 14.4. The smallest absolute Gasteiger partial charge is 0.130 e. The lowest BCUT2D eigenvalue weighted by atomic mass is 9.88. The van der Waals surface area contributed by atoms with Gasteiger partial charge in [-0.2, -0.15) is 0 Å². The third-order valence-electron chi connectivity index (χ3n) is 4.74. The molecular weight excluding hydrogens is 308 g/mol. The Kier molecular flexibility index (Phi) is 4.10. The summed E-state index contributed by atoms with van der Waals surface area (Å²) in [6.07, 6.45) is 3.48. The second kappa shape index (κ2) is 6.55. The summed E-state index contributed by atoms with van der Waals surface area (Å²) in [5.41, 5.74) is 11.3. The van der Waals surface area contributed by atoms with Crippen LogP contribution in [-0.4, -0.2) is 9.97 Å². The average molecular weight is 330 g/mol. The molecule has 1 unspecified atom stereocenters. The van der Waals surface area contributed by atoms with Crippen LogP contribution in [0.15, 0.2) is 54.6 Å². The molecule has 0 amide bonds. The minimum Gasteiger partial charge on any atom is -0.399 e. The van der Waals surface area contributed by atoms with Gasteiger partial charge in [-0.3, -0.25) is 0 Å². The monoisotopic (exact) mass is 330 g/mol. The summed E-state index contributed by atoms with van der Waals surface area (Å²) >= 11 is 0. The van der Waals surface area contributed by atoms with Gasteiger partial charge in [-0.15, -0.1) is 0 Å². The molecule has 2 aromatic carbocycles. The van der Waals surface area contributed by atoms with Gasteiger partial charge in [0.25, 0.3) is 0 Å². The highest BCUT2D eigenvalue weighted by Crippen LogP contribution is 2.32. The third kappa shape index (κ3) is 3.33. The molecule has 25 heavy (non-hydrogen) atoms. The number of rotatable bonds is 3. The van der Waals surface area contributed by atoms with E-state index in [0.29, 0.717) is 6.04 Å². The van der Waals surface area contributed by atoms with Gasteiger partial charge in [-0.1, -0.05) is 36.4 Å². The first-order chi connectivity index (χ1) is 12.2. The topological polar surface area (TPSA) is 63.8 Å². The molecule has 3 aromatic rings. The second-order valence-corrected chi connectivity index (χ2v) is 6.60. The first kappa shape index (κ1) is 15.6. The number of anilines is 2. The van der Waals surface area contributed by atoms with Crippen molar-refractivity contribution in [2.24, 2.45) is 0 Å². The molecule has 1 aromatic heterocycles. The van der Waals surface area contributed by atoms with Gasteiger partial charge in [0.2, 0.25) is 0 Å². The first-order valence-electron chi connectivity index (χ1n) is 8.75. The van der Waals surface area contributed by atoms with E-state index in [9.17, 15) is 0 Å². The zero-order chi connectivity index (χ0) is 17.2. The summed E-state index contributed by atoms with van der Waals surface area (Å²) < 4.78 is 0. The second-order valence-electron chi connectivity index (χ2n) is 6.60. The van der Waals surface area contributed by atoms with E-state index in [4.69, 9.17) is 5.73 Å². The molecule has 126 valence electrons. The van der Waals surface area contributed by atoms with E-state index in [0.717, 1.165) is 41.4 Å². The molecule has 1 heterocycles. The lowest BCUT2D eigenvalue weighted by Crippen LogP contribution is -2.18. The van der Waals surface area contributed by atoms with Gasteiger partial charge in [0.1, 0.15) is 11.6 Å². The maximum Gasteiger partial charge on any atom is 0.130 e. The number of hydrogen-bond acceptors (Lipinski definition) is 4. The van der Waals surface area contributed by atoms with Gasteiger partial charge < -0.3 is 11.1 Å². The number of nitrogens with zero attached hydrogens (tertiary/aromatic N) is 2. The van der Waals surface area contributed by atoms with Crippen LogP contribution in [0.25, 0.3) is 11.3 Å². The molecule has 1 aliphatic carbocycles. The maximum atomic E-state index is 5.79. The molecule has 4 rings (SSSR count). The largest absolute Gasteiger partial charge is 0.399 e. The lowest BCUT2D eigenvalue weighted by molar-refractivity contribution is 0.598. The molecule has 0 spiro atoms. The maximum absolute atomic E-state index is 5.79. The summed E-state index contributed by atoms with van der Waals surface area (Å²) in [7, 11) is 0. The standard InChI is InChI=1S/C21H22N4/c1-14-23-20(16-9-11-17(22)12-10-16)13-21(24-14)25-19-8-4-6-15-5-2-3-7-18(15)19/h2-3,5,7,9-13,19H,4,6,8,22H2,1H3,(H,23,24,25). The number of benzene rings is 2. The van der Waals surface area contributed by atoms with Crippen molar-refractivity contribution in [3.05, 3.63) is 71.5 Å². The number of aryl methyl sites for hydroxylation is 2. The van der Waals surface area contributed by atoms with Crippen LogP contribution in [0.1, 0.15) is 35.8 Å². The van der Waals surface area contributed by atoms with Crippen LogP contribution >= 0.6 is 0 Å². The third-order valence-corrected chi connectivity index (χ3v) is 4.74. The first-order valence-corrected chi connectivity index (χ1v) is 8.75. The van der Waals surface area contributed by atoms with E-state index >= 15 is 0 Å². The summed E-state index contributed by atoms with van der Waals surface area (Å²) in [6, 6.07) is 18.8. The average Bonchev–Trinajstić information content (AvgIpc) is 2.62. The van der Waals surface area contributed by atoms with Crippen molar-refractivity contribution < 1.29 is 0 Å². The Labute approximate surface area is 148 Å². The SMILES string of the molecule is Cc1nc(NC2CCCc3ccccc32)cc(-c2ccc(N)cc2)n1. The molecule has 0 aliphatic heterocycles. The number of aromatic nitrogens is 2. The Bertz CT molecular complexity index is 887. The van der Waals surface area contributed by atoms with Crippen LogP contribution in [-0.2, 0) is 6.42 Å². The highest BCUT2D eigenvalue weighted by molar-refractivity contribution is 5.64. The van der Waals surface area contributed by atoms with Gasteiger partial charge in [0, 0.05) is 17.3 Å². The number of nitrogen functional groups attached to an aromatic ring is 1. The Hall–Kier alpha value is -2.88. The minimum absolute atomic E-state index is 0.304. The fourth-order valence-corrected chi connectivity index (χ4v) is 3.53. The highest BCUT2D eigenvalue weighted by atomic mass is 15.0. The molecule has 4 nitrogen and oxygen atoms in total. The minimum atomic E-state index is 0.304. The Morgan fingerprint density at radius 2 is 1.84 bits per heavy atom. The van der Waals surface area contributed by atoms with E-state index in [1.165, 1.54) is 17.5 Å². The van der Waals surface area contributed by atoms with Crippen molar-refractivity contribution in [1.29, 1.82) is 0 Å². The van der Waals surface area contributed by atoms with Crippen LogP contribution in [0, 0.1) is 6.92 Å². The van der Waals surface area contributed by atoms with E-state index in [1.54, 1.807) is 0 Å². The van der Waals surface area contributed by atoms with Crippen LogP contribution in [0.4, 0.5) is 11.5 Å². The number of nitrogens with two attached hydrogens (primary N) is 1. The summed E-state index contributed by atoms with van der Waals surface area (Å²) in [5, 5.41) is 3.62. The van der Waals surface area contributed by atoms with Crippen LogP contribution in [0.3, 0.4) is 0 Å². The van der Waals surface area contributed by atoms with Gasteiger partial charge in [-0.25, -0.2) is 9.97 Å². The molecule has 4 heteroatoms. The van der Waals surface area contributed by atoms with Crippen LogP contribution in [0.2, 0.25) is 0 Å². The predicted molar refractivity (Wildman–Crippen MR) is 102 cm³/mol. The van der Waals surface area contributed by atoms with Crippen molar-refractivity contribution in [1.82, 2.24) is 9.97 Å². The number of hydrogen-bond donors (Lipinski definition) is 2. The van der Waals surface area contributed by atoms with Gasteiger partial charge in [-0.05, 0) is 49.4 Å². The Morgan fingerprint density at radius 3 is 2.68 bits per heavy atom. The number of fused-ring (bicyclic) bond motifs is 1. The van der Waals surface area contributed by atoms with Crippen molar-refractivity contribution in [3.8, 4) is 11.3 Å². The quantitative estimate of drug-likeness (QED) is 0.693. The molecular formula is C21H22N4. The molecule has 1 aliphatic rings. The molecule has 1 atom stereocenters. The number of nitrogens with one attached hydrogen (secondary N) is 1. The van der Waals surface area contributed by atoms with E-state index in [2.05, 4.69) is 39.6 Å². The lowest BCUT2D eigenvalue weighted by Gasteiger charge is -2.27. The van der Waals surface area contributed by atoms with E-state index in [1.807, 2.05) is 37.3 Å². The fourth-order valence-electron chi connectivity index (χ4n) is 3.53. The summed E-state index contributed by atoms with van der Waals surface area (Å²) in [5.74, 6) is 1.64. The molecule has 0 fully saturated rings. The highest BCUT2D eigenvalue weighted by Gasteiger charge is 2.20. The van der Waals surface area contributed by atoms with Gasteiger partial charge in [0.15, 0.2) is 0 Å². The van der Waals surface area contributed by atoms with E-state index < -0.39 is 0 Å². The summed E-state index contributed by atoms with van der Waals surface area (Å²) in [4.78, 5) is 9.18. The Balaban J connectivity index is 1.65. The normalized spacial score (nSPS) is 16.3. The predicted octanol–water partition coefficient (Wildman–Crippen LogP) is 4.52. The van der Waals surface area contributed by atoms with Gasteiger partial charge in [0.05, 0.1) is 11.7 Å². The van der Waals surface area contributed by atoms with Crippen molar-refractivity contribution in [2.75, 3.05) is 11.1 Å². The van der Waals surface area contributed by atoms with Crippen molar-refractivity contribution in [2.45, 2.75) is 32.2 Å². The van der Waals surface area contributed by atoms with E-state index in [-0.39, 0.29) is 0 Å². The molecule has 3 N–H and O–H groups in total. The zero-order valence-electron chi connectivity index (χ0n) is 14.4.